The first kappa shape index (κ1) is 11.7. The van der Waals surface area contributed by atoms with Gasteiger partial charge in [-0.25, -0.2) is 9.97 Å². The van der Waals surface area contributed by atoms with Crippen molar-refractivity contribution < 1.29 is 0 Å². The molecule has 8 heteroatoms. The maximum absolute atomic E-state index is 9.08. The van der Waals surface area contributed by atoms with Gasteiger partial charge in [-0.3, -0.25) is 0 Å². The molecule has 0 aliphatic rings. The van der Waals surface area contributed by atoms with Crippen molar-refractivity contribution >= 4 is 22.2 Å². The smallest absolute Gasteiger partial charge is 0.216 e. The first-order chi connectivity index (χ1) is 9.88. The fourth-order valence-corrected chi connectivity index (χ4v) is 1.70. The summed E-state index contributed by atoms with van der Waals surface area (Å²) < 4.78 is 0. The Kier molecular flexibility index (Phi) is 3.00. The van der Waals surface area contributed by atoms with E-state index in [2.05, 4.69) is 35.9 Å². The van der Waals surface area contributed by atoms with Crippen LogP contribution in [0.25, 0.3) is 16.5 Å². The van der Waals surface area contributed by atoms with E-state index in [0.29, 0.717) is 0 Å². The average molecular weight is 264 g/mol. The van der Waals surface area contributed by atoms with E-state index in [-0.39, 0.29) is 11.4 Å². The summed E-state index contributed by atoms with van der Waals surface area (Å²) in [5.41, 5.74) is 1.88. The van der Waals surface area contributed by atoms with Crippen molar-refractivity contribution in [3.63, 3.8) is 0 Å². The maximum atomic E-state index is 9.08. The van der Waals surface area contributed by atoms with Crippen molar-refractivity contribution in [2.75, 3.05) is 5.32 Å². The van der Waals surface area contributed by atoms with Crippen LogP contribution >= 0.6 is 0 Å². The van der Waals surface area contributed by atoms with E-state index in [1.54, 1.807) is 6.20 Å². The second kappa shape index (κ2) is 5.11. The molecular formula is C12H8N8. The van der Waals surface area contributed by atoms with Crippen molar-refractivity contribution in [2.24, 2.45) is 0 Å². The number of H-pyrrole nitrogens is 1. The van der Waals surface area contributed by atoms with Gasteiger partial charge in [0.15, 0.2) is 0 Å². The Labute approximate surface area is 113 Å². The second-order valence-corrected chi connectivity index (χ2v) is 3.81. The van der Waals surface area contributed by atoms with Crippen LogP contribution in [-0.2, 0) is 0 Å². The number of benzene rings is 1. The summed E-state index contributed by atoms with van der Waals surface area (Å²) >= 11 is 0. The van der Waals surface area contributed by atoms with Gasteiger partial charge in [-0.1, -0.05) is 6.07 Å². The normalized spacial score (nSPS) is 11.2. The third kappa shape index (κ3) is 2.15. The van der Waals surface area contributed by atoms with E-state index in [1.165, 1.54) is 12.5 Å². The van der Waals surface area contributed by atoms with Crippen LogP contribution < -0.4 is 5.32 Å². The molecule has 2 aromatic heterocycles. The standard InChI is InChI=1S/C12H8N8/c13-4-8(12-17-19-20-18-12)5-15-10-2-1-3-11-9(10)6-14-7-16-11/h1-3,5-7,15H,(H,17,18,19,20). The molecule has 0 atom stereocenters. The number of rotatable bonds is 3. The minimum Gasteiger partial charge on any atom is -0.360 e. The number of tetrazole rings is 1. The quantitative estimate of drug-likeness (QED) is 0.681. The van der Waals surface area contributed by atoms with Crippen LogP contribution in [0.3, 0.4) is 0 Å². The molecule has 0 amide bonds. The third-order valence-electron chi connectivity index (χ3n) is 2.63. The highest BCUT2D eigenvalue weighted by Crippen LogP contribution is 2.21. The number of aromatic nitrogens is 6. The van der Waals surface area contributed by atoms with Crippen molar-refractivity contribution in [2.45, 2.75) is 0 Å². The summed E-state index contributed by atoms with van der Waals surface area (Å²) in [5, 5.41) is 26.2. The van der Waals surface area contributed by atoms with Crippen LogP contribution in [0.5, 0.6) is 0 Å². The molecule has 0 saturated heterocycles. The molecule has 0 radical (unpaired) electrons. The van der Waals surface area contributed by atoms with Crippen molar-refractivity contribution in [1.82, 2.24) is 30.6 Å². The van der Waals surface area contributed by atoms with Crippen LogP contribution in [0, 0.1) is 11.3 Å². The van der Waals surface area contributed by atoms with Gasteiger partial charge in [0.05, 0.1) is 5.52 Å². The Morgan fingerprint density at radius 1 is 1.40 bits per heavy atom. The van der Waals surface area contributed by atoms with Gasteiger partial charge in [0.25, 0.3) is 0 Å². The minimum atomic E-state index is 0.233. The molecule has 3 aromatic rings. The van der Waals surface area contributed by atoms with Gasteiger partial charge in [-0.2, -0.15) is 10.5 Å². The number of fused-ring (bicyclic) bond motifs is 1. The largest absolute Gasteiger partial charge is 0.360 e. The Morgan fingerprint density at radius 2 is 2.35 bits per heavy atom. The molecule has 0 unspecified atom stereocenters. The van der Waals surface area contributed by atoms with E-state index >= 15 is 0 Å². The average Bonchev–Trinajstić information content (AvgIpc) is 3.02. The number of nitriles is 1. The molecular weight excluding hydrogens is 256 g/mol. The lowest BCUT2D eigenvalue weighted by Gasteiger charge is -2.04. The van der Waals surface area contributed by atoms with Gasteiger partial charge in [0.1, 0.15) is 18.0 Å². The van der Waals surface area contributed by atoms with Gasteiger partial charge in [0.2, 0.25) is 5.82 Å². The summed E-state index contributed by atoms with van der Waals surface area (Å²) in [6, 6.07) is 7.63. The Morgan fingerprint density at radius 3 is 3.15 bits per heavy atom. The molecule has 96 valence electrons. The molecule has 0 spiro atoms. The minimum absolute atomic E-state index is 0.233. The molecule has 1 aromatic carbocycles. The van der Waals surface area contributed by atoms with E-state index in [0.717, 1.165) is 16.6 Å². The van der Waals surface area contributed by atoms with Crippen LogP contribution in [0.2, 0.25) is 0 Å². The van der Waals surface area contributed by atoms with E-state index in [4.69, 9.17) is 5.26 Å². The number of hydrogen-bond donors (Lipinski definition) is 2. The van der Waals surface area contributed by atoms with Crippen molar-refractivity contribution in [3.8, 4) is 6.07 Å². The van der Waals surface area contributed by atoms with Crippen LogP contribution in [0.15, 0.2) is 36.9 Å². The van der Waals surface area contributed by atoms with Gasteiger partial charge in [0, 0.05) is 23.5 Å². The zero-order valence-electron chi connectivity index (χ0n) is 10.1. The van der Waals surface area contributed by atoms with Gasteiger partial charge in [-0.15, -0.1) is 10.2 Å². The van der Waals surface area contributed by atoms with Gasteiger partial charge < -0.3 is 5.32 Å². The molecule has 0 saturated carbocycles. The molecule has 2 N–H and O–H groups in total. The number of hydrogen-bond acceptors (Lipinski definition) is 7. The Hall–Kier alpha value is -3.34. The lowest BCUT2D eigenvalue weighted by Crippen LogP contribution is -1.94. The third-order valence-corrected chi connectivity index (χ3v) is 2.63. The predicted octanol–water partition coefficient (Wildman–Crippen LogP) is 1.12. The van der Waals surface area contributed by atoms with Crippen LogP contribution in [0.1, 0.15) is 5.82 Å². The molecule has 8 nitrogen and oxygen atoms in total. The Balaban J connectivity index is 1.96. The zero-order valence-corrected chi connectivity index (χ0v) is 10.1. The highest BCUT2D eigenvalue weighted by atomic mass is 15.5. The van der Waals surface area contributed by atoms with Gasteiger partial charge >= 0.3 is 0 Å². The fraction of sp³-hybridized carbons (Fsp3) is 0. The first-order valence-electron chi connectivity index (χ1n) is 5.68. The van der Waals surface area contributed by atoms with E-state index in [1.807, 2.05) is 24.3 Å². The summed E-state index contributed by atoms with van der Waals surface area (Å²) in [6.45, 7) is 0. The van der Waals surface area contributed by atoms with Crippen molar-refractivity contribution in [1.29, 1.82) is 5.26 Å². The highest BCUT2D eigenvalue weighted by Gasteiger charge is 2.06. The topological polar surface area (TPSA) is 116 Å². The van der Waals surface area contributed by atoms with E-state index in [9.17, 15) is 0 Å². The summed E-state index contributed by atoms with van der Waals surface area (Å²) in [4.78, 5) is 8.16. The molecule has 0 bridgehead atoms. The van der Waals surface area contributed by atoms with Crippen LogP contribution in [0.4, 0.5) is 5.69 Å². The number of allylic oxidation sites excluding steroid dienone is 1. The lowest BCUT2D eigenvalue weighted by atomic mass is 10.2. The summed E-state index contributed by atoms with van der Waals surface area (Å²) in [7, 11) is 0. The molecule has 0 aliphatic carbocycles. The second-order valence-electron chi connectivity index (χ2n) is 3.81. The molecule has 2 heterocycles. The molecule has 0 aliphatic heterocycles. The molecule has 0 fully saturated rings. The Bertz CT molecular complexity index is 794. The van der Waals surface area contributed by atoms with E-state index < -0.39 is 0 Å². The number of aromatic amines is 1. The fourth-order valence-electron chi connectivity index (χ4n) is 1.70. The molecule has 3 rings (SSSR count). The van der Waals surface area contributed by atoms with Crippen molar-refractivity contribution in [3.05, 3.63) is 42.7 Å². The predicted molar refractivity (Wildman–Crippen MR) is 70.9 cm³/mol. The number of anilines is 1. The summed E-state index contributed by atoms with van der Waals surface area (Å²) in [6.07, 6.45) is 4.72. The van der Waals surface area contributed by atoms with Gasteiger partial charge in [-0.05, 0) is 17.3 Å². The number of nitrogens with one attached hydrogen (secondary N) is 2. The summed E-state index contributed by atoms with van der Waals surface area (Å²) in [5.74, 6) is 0.233. The lowest BCUT2D eigenvalue weighted by molar-refractivity contribution is 0.881. The van der Waals surface area contributed by atoms with Crippen LogP contribution in [-0.4, -0.2) is 30.6 Å². The maximum Gasteiger partial charge on any atom is 0.216 e. The molecule has 20 heavy (non-hydrogen) atoms. The first-order valence-corrected chi connectivity index (χ1v) is 5.68. The zero-order chi connectivity index (χ0) is 13.8. The monoisotopic (exact) mass is 264 g/mol. The number of nitrogens with zero attached hydrogens (tertiary/aromatic N) is 6. The SMILES string of the molecule is N#CC(=CNc1cccc2ncncc12)c1nn[nH]n1. The highest BCUT2D eigenvalue weighted by molar-refractivity contribution is 5.91.